The molecule has 0 amide bonds. The van der Waals surface area contributed by atoms with Gasteiger partial charge in [0, 0.05) is 5.57 Å². The molecule has 11 heteroatoms. The molecule has 0 spiro atoms. The molecule has 2 unspecified atom stereocenters. The van der Waals surface area contributed by atoms with Crippen LogP contribution in [0.2, 0.25) is 0 Å². The summed E-state index contributed by atoms with van der Waals surface area (Å²) in [5, 5.41) is 26.6. The Labute approximate surface area is 125 Å². The first-order valence-corrected chi connectivity index (χ1v) is 7.31. The van der Waals surface area contributed by atoms with Gasteiger partial charge in [0.2, 0.25) is 0 Å². The van der Waals surface area contributed by atoms with Crippen LogP contribution in [-0.4, -0.2) is 62.5 Å². The van der Waals surface area contributed by atoms with Gasteiger partial charge in [-0.25, -0.2) is 14.2 Å². The standard InChI is InChI=1S/C11H17O10P/c1-6(10(14)15)3-9(20-5-8(13)4-12)7(2)11(16)21-22(17,18)19/h3,8-9,12-13H,2,4-5H2,1H3,(H,14,15)(H2,17,18,19). The summed E-state index contributed by atoms with van der Waals surface area (Å²) < 4.78 is 19.4. The molecule has 0 heterocycles. The topological polar surface area (TPSA) is 171 Å². The van der Waals surface area contributed by atoms with Crippen molar-refractivity contribution >= 4 is 19.8 Å². The fraction of sp³-hybridized carbons (Fsp3) is 0.455. The van der Waals surface area contributed by atoms with Gasteiger partial charge in [-0.2, -0.15) is 0 Å². The number of ether oxygens (including phenoxy) is 1. The molecule has 22 heavy (non-hydrogen) atoms. The van der Waals surface area contributed by atoms with Crippen molar-refractivity contribution in [1.82, 2.24) is 0 Å². The second kappa shape index (κ2) is 8.79. The second-order valence-electron chi connectivity index (χ2n) is 4.14. The molecule has 2 atom stereocenters. The number of hydrogen-bond acceptors (Lipinski definition) is 7. The Morgan fingerprint density at radius 3 is 2.32 bits per heavy atom. The van der Waals surface area contributed by atoms with E-state index in [2.05, 4.69) is 11.1 Å². The highest BCUT2D eigenvalue weighted by molar-refractivity contribution is 7.46. The van der Waals surface area contributed by atoms with Crippen molar-refractivity contribution < 1.29 is 48.5 Å². The Bertz CT molecular complexity index is 505. The lowest BCUT2D eigenvalue weighted by Gasteiger charge is -2.18. The molecule has 0 fully saturated rings. The zero-order valence-corrected chi connectivity index (χ0v) is 12.5. The second-order valence-corrected chi connectivity index (χ2v) is 5.30. The Morgan fingerprint density at radius 1 is 1.36 bits per heavy atom. The fourth-order valence-corrected chi connectivity index (χ4v) is 1.43. The summed E-state index contributed by atoms with van der Waals surface area (Å²) in [6.45, 7) is 3.29. The summed E-state index contributed by atoms with van der Waals surface area (Å²) in [6.07, 6.45) is -1.78. The number of aliphatic hydroxyl groups is 2. The highest BCUT2D eigenvalue weighted by Crippen LogP contribution is 2.37. The van der Waals surface area contributed by atoms with Gasteiger partial charge in [-0.3, -0.25) is 9.79 Å². The number of carboxylic acids is 1. The molecular formula is C11H17O10P. The van der Waals surface area contributed by atoms with Crippen LogP contribution < -0.4 is 0 Å². The number of carbonyl (C=O) groups excluding carboxylic acids is 1. The average Bonchev–Trinajstić information content (AvgIpc) is 2.39. The largest absolute Gasteiger partial charge is 0.527 e. The molecule has 0 bridgehead atoms. The predicted octanol–water partition coefficient (Wildman–Crippen LogP) is -1.05. The lowest BCUT2D eigenvalue weighted by molar-refractivity contribution is -0.134. The van der Waals surface area contributed by atoms with Crippen LogP contribution in [0.25, 0.3) is 0 Å². The summed E-state index contributed by atoms with van der Waals surface area (Å²) in [4.78, 5) is 39.3. The minimum atomic E-state index is -5.10. The quantitative estimate of drug-likeness (QED) is 0.257. The number of aliphatic carboxylic acids is 1. The number of aliphatic hydroxyl groups excluding tert-OH is 2. The predicted molar refractivity (Wildman–Crippen MR) is 71.5 cm³/mol. The lowest BCUT2D eigenvalue weighted by Crippen LogP contribution is -2.27. The number of phosphoric ester groups is 1. The smallest absolute Gasteiger partial charge is 0.478 e. The number of rotatable bonds is 9. The van der Waals surface area contributed by atoms with Crippen LogP contribution in [-0.2, 0) is 23.4 Å². The molecular weight excluding hydrogens is 323 g/mol. The van der Waals surface area contributed by atoms with Crippen molar-refractivity contribution in [3.63, 3.8) is 0 Å². The van der Waals surface area contributed by atoms with Crippen LogP contribution in [0.3, 0.4) is 0 Å². The molecule has 0 aliphatic rings. The summed E-state index contributed by atoms with van der Waals surface area (Å²) in [6, 6.07) is 0. The van der Waals surface area contributed by atoms with E-state index in [-0.39, 0.29) is 5.57 Å². The first kappa shape index (κ1) is 20.5. The molecule has 0 saturated carbocycles. The molecule has 126 valence electrons. The van der Waals surface area contributed by atoms with E-state index in [4.69, 9.17) is 24.7 Å². The van der Waals surface area contributed by atoms with E-state index < -0.39 is 50.8 Å². The van der Waals surface area contributed by atoms with E-state index in [9.17, 15) is 19.3 Å². The highest BCUT2D eigenvalue weighted by atomic mass is 31.2. The molecule has 0 aliphatic carbocycles. The van der Waals surface area contributed by atoms with E-state index >= 15 is 0 Å². The zero-order chi connectivity index (χ0) is 17.5. The van der Waals surface area contributed by atoms with Gasteiger partial charge in [0.25, 0.3) is 0 Å². The van der Waals surface area contributed by atoms with Gasteiger partial charge in [0.05, 0.1) is 18.8 Å². The van der Waals surface area contributed by atoms with Crippen molar-refractivity contribution in [3.05, 3.63) is 23.8 Å². The van der Waals surface area contributed by atoms with Gasteiger partial charge < -0.3 is 24.6 Å². The van der Waals surface area contributed by atoms with Crippen molar-refractivity contribution in [3.8, 4) is 0 Å². The molecule has 0 saturated heterocycles. The van der Waals surface area contributed by atoms with Crippen molar-refractivity contribution in [2.24, 2.45) is 0 Å². The summed E-state index contributed by atoms with van der Waals surface area (Å²) in [5.41, 5.74) is -0.831. The van der Waals surface area contributed by atoms with Gasteiger partial charge in [-0.15, -0.1) is 0 Å². The summed E-state index contributed by atoms with van der Waals surface area (Å²) in [5.74, 6) is -2.82. The van der Waals surface area contributed by atoms with E-state index in [1.165, 1.54) is 6.92 Å². The summed E-state index contributed by atoms with van der Waals surface area (Å²) >= 11 is 0. The minimum absolute atomic E-state index is 0.242. The minimum Gasteiger partial charge on any atom is -0.478 e. The number of hydrogen-bond donors (Lipinski definition) is 5. The molecule has 10 nitrogen and oxygen atoms in total. The van der Waals surface area contributed by atoms with E-state index in [1.807, 2.05) is 0 Å². The van der Waals surface area contributed by atoms with Crippen LogP contribution in [0.5, 0.6) is 0 Å². The van der Waals surface area contributed by atoms with Gasteiger partial charge in [-0.1, -0.05) is 6.58 Å². The molecule has 0 aliphatic heterocycles. The van der Waals surface area contributed by atoms with Crippen LogP contribution >= 0.6 is 7.82 Å². The van der Waals surface area contributed by atoms with E-state index in [0.717, 1.165) is 6.08 Å². The van der Waals surface area contributed by atoms with Gasteiger partial charge in [-0.05, 0) is 13.0 Å². The number of carbonyl (C=O) groups is 2. The Balaban J connectivity index is 5.17. The molecule has 0 radical (unpaired) electrons. The first-order valence-electron chi connectivity index (χ1n) is 5.78. The lowest BCUT2D eigenvalue weighted by atomic mass is 10.1. The molecule has 0 aromatic heterocycles. The third-order valence-corrected chi connectivity index (χ3v) is 2.63. The third-order valence-electron chi connectivity index (χ3n) is 2.23. The van der Waals surface area contributed by atoms with Crippen LogP contribution in [0.1, 0.15) is 6.92 Å². The summed E-state index contributed by atoms with van der Waals surface area (Å²) in [7, 11) is -5.10. The van der Waals surface area contributed by atoms with Gasteiger partial charge in [0.1, 0.15) is 12.2 Å². The Morgan fingerprint density at radius 2 is 1.91 bits per heavy atom. The normalized spacial score (nSPS) is 15.0. The van der Waals surface area contributed by atoms with Crippen molar-refractivity contribution in [2.45, 2.75) is 19.1 Å². The molecule has 0 aromatic carbocycles. The van der Waals surface area contributed by atoms with Crippen molar-refractivity contribution in [2.75, 3.05) is 13.2 Å². The van der Waals surface area contributed by atoms with Gasteiger partial charge in [0.15, 0.2) is 0 Å². The van der Waals surface area contributed by atoms with Crippen molar-refractivity contribution in [1.29, 1.82) is 0 Å². The molecule has 5 N–H and O–H groups in total. The van der Waals surface area contributed by atoms with E-state index in [1.54, 1.807) is 0 Å². The maximum atomic E-state index is 11.5. The monoisotopic (exact) mass is 340 g/mol. The third kappa shape index (κ3) is 8.03. The molecule has 0 aromatic rings. The van der Waals surface area contributed by atoms with E-state index in [0.29, 0.717) is 0 Å². The fourth-order valence-electron chi connectivity index (χ4n) is 1.10. The maximum Gasteiger partial charge on any atom is 0.527 e. The maximum absolute atomic E-state index is 11.5. The SMILES string of the molecule is C=C(C(=O)OP(=O)(O)O)C(C=C(C)C(=O)O)OCC(O)CO. The zero-order valence-electron chi connectivity index (χ0n) is 11.6. The average molecular weight is 340 g/mol. The first-order chi connectivity index (χ1) is 9.97. The number of carboxylic acid groups (broad SMARTS) is 1. The van der Waals surface area contributed by atoms with Gasteiger partial charge >= 0.3 is 19.8 Å². The van der Waals surface area contributed by atoms with Crippen LogP contribution in [0.15, 0.2) is 23.8 Å². The van der Waals surface area contributed by atoms with Crippen LogP contribution in [0.4, 0.5) is 0 Å². The van der Waals surface area contributed by atoms with Crippen LogP contribution in [0, 0.1) is 0 Å². The number of phosphoric acid groups is 1. The Kier molecular flexibility index (Phi) is 8.17. The molecule has 0 rings (SSSR count). The Hall–Kier alpha value is -1.55. The highest BCUT2D eigenvalue weighted by Gasteiger charge is 2.27.